The largest absolute Gasteiger partial charge is 0.316 e. The number of nitrogens with one attached hydrogen (secondary N) is 1. The molecule has 0 aromatic carbocycles. The maximum absolute atomic E-state index is 6.27. The molecule has 0 aromatic rings. The van der Waals surface area contributed by atoms with E-state index in [4.69, 9.17) is 5.73 Å². The van der Waals surface area contributed by atoms with Crippen LogP contribution in [0, 0.1) is 0 Å². The van der Waals surface area contributed by atoms with Gasteiger partial charge in [0.2, 0.25) is 0 Å². The standard InChI is InChI=1S/C36H72N2/c1-3-5-7-9-11-13-15-17-19-21-23-25-27-29-31-33-35-38-36(37)34-32-30-28-26-24-22-20-18-16-14-12-10-8-6-4-2/h17-20,36,38H,3-16,21-35,37H2,1-2H3/b19-17-,20-18-. The molecule has 0 amide bonds. The van der Waals surface area contributed by atoms with E-state index in [1.54, 1.807) is 0 Å². The number of hydrogen-bond donors (Lipinski definition) is 2. The predicted molar refractivity (Wildman–Crippen MR) is 175 cm³/mol. The Morgan fingerprint density at radius 2 is 0.737 bits per heavy atom. The lowest BCUT2D eigenvalue weighted by molar-refractivity contribution is 0.452. The van der Waals surface area contributed by atoms with Crippen LogP contribution in [0.3, 0.4) is 0 Å². The van der Waals surface area contributed by atoms with Gasteiger partial charge in [0.25, 0.3) is 0 Å². The van der Waals surface area contributed by atoms with Crippen molar-refractivity contribution in [3.8, 4) is 0 Å². The second-order valence-electron chi connectivity index (χ2n) is 11.9. The summed E-state index contributed by atoms with van der Waals surface area (Å²) in [4.78, 5) is 0. The first kappa shape index (κ1) is 37.4. The summed E-state index contributed by atoms with van der Waals surface area (Å²) >= 11 is 0. The minimum atomic E-state index is 0.197. The van der Waals surface area contributed by atoms with Gasteiger partial charge in [0, 0.05) is 0 Å². The second kappa shape index (κ2) is 34.4. The van der Waals surface area contributed by atoms with E-state index >= 15 is 0 Å². The summed E-state index contributed by atoms with van der Waals surface area (Å²) in [6.45, 7) is 5.67. The molecule has 0 aliphatic rings. The highest BCUT2D eigenvalue weighted by atomic mass is 15.0. The Morgan fingerprint density at radius 1 is 0.421 bits per heavy atom. The molecule has 0 fully saturated rings. The smallest absolute Gasteiger partial charge is 0.0546 e. The lowest BCUT2D eigenvalue weighted by Gasteiger charge is -2.13. The second-order valence-corrected chi connectivity index (χ2v) is 11.9. The van der Waals surface area contributed by atoms with Crippen molar-refractivity contribution >= 4 is 0 Å². The molecule has 226 valence electrons. The van der Waals surface area contributed by atoms with E-state index < -0.39 is 0 Å². The quantitative estimate of drug-likeness (QED) is 0.0513. The summed E-state index contributed by atoms with van der Waals surface area (Å²) in [5, 5.41) is 3.54. The van der Waals surface area contributed by atoms with E-state index in [2.05, 4.69) is 43.5 Å². The molecule has 0 rings (SSSR count). The van der Waals surface area contributed by atoms with Crippen LogP contribution < -0.4 is 11.1 Å². The van der Waals surface area contributed by atoms with Gasteiger partial charge in [0.15, 0.2) is 0 Å². The Labute approximate surface area is 241 Å². The first-order valence-electron chi connectivity index (χ1n) is 17.6. The Balaban J connectivity index is 3.22. The zero-order valence-corrected chi connectivity index (χ0v) is 26.5. The molecule has 1 unspecified atom stereocenters. The third-order valence-electron chi connectivity index (χ3n) is 7.87. The first-order chi connectivity index (χ1) is 18.8. The fraction of sp³-hybridized carbons (Fsp3) is 0.889. The Bertz CT molecular complexity index is 470. The van der Waals surface area contributed by atoms with Crippen LogP contribution in [0.4, 0.5) is 0 Å². The molecule has 0 aliphatic carbocycles. The molecule has 0 radical (unpaired) electrons. The molecule has 0 saturated heterocycles. The number of allylic oxidation sites excluding steroid dienone is 4. The molecular weight excluding hydrogens is 460 g/mol. The van der Waals surface area contributed by atoms with Gasteiger partial charge in [-0.1, -0.05) is 154 Å². The fourth-order valence-corrected chi connectivity index (χ4v) is 5.20. The molecule has 38 heavy (non-hydrogen) atoms. The van der Waals surface area contributed by atoms with Crippen LogP contribution >= 0.6 is 0 Å². The molecule has 2 heteroatoms. The van der Waals surface area contributed by atoms with Gasteiger partial charge >= 0.3 is 0 Å². The summed E-state index contributed by atoms with van der Waals surface area (Å²) in [5.41, 5.74) is 6.27. The lowest BCUT2D eigenvalue weighted by atomic mass is 10.1. The van der Waals surface area contributed by atoms with Crippen LogP contribution in [0.25, 0.3) is 0 Å². The minimum absolute atomic E-state index is 0.197. The van der Waals surface area contributed by atoms with E-state index in [-0.39, 0.29) is 6.17 Å². The predicted octanol–water partition coefficient (Wildman–Crippen LogP) is 11.9. The first-order valence-corrected chi connectivity index (χ1v) is 17.6. The van der Waals surface area contributed by atoms with Gasteiger partial charge in [0.1, 0.15) is 0 Å². The van der Waals surface area contributed by atoms with Gasteiger partial charge in [0.05, 0.1) is 6.17 Å². The van der Waals surface area contributed by atoms with Crippen LogP contribution in [0.1, 0.15) is 194 Å². The SMILES string of the molecule is CCCCCCCC/C=C\CCCCCCCCNC(N)CCCCCCC/C=C\CCCCCCCC. The Hall–Kier alpha value is -0.600. The molecule has 0 aliphatic heterocycles. The van der Waals surface area contributed by atoms with Crippen molar-refractivity contribution in [1.29, 1.82) is 0 Å². The zero-order valence-electron chi connectivity index (χ0n) is 26.5. The molecular formula is C36H72N2. The summed E-state index contributed by atoms with van der Waals surface area (Å²) in [5.74, 6) is 0. The summed E-state index contributed by atoms with van der Waals surface area (Å²) in [6, 6.07) is 0. The number of nitrogens with two attached hydrogens (primary N) is 1. The average molecular weight is 533 g/mol. The molecule has 0 saturated carbocycles. The van der Waals surface area contributed by atoms with Gasteiger partial charge in [-0.3, -0.25) is 0 Å². The average Bonchev–Trinajstić information content (AvgIpc) is 2.92. The van der Waals surface area contributed by atoms with Crippen LogP contribution in [-0.2, 0) is 0 Å². The van der Waals surface area contributed by atoms with E-state index in [1.807, 2.05) is 0 Å². The van der Waals surface area contributed by atoms with Crippen molar-refractivity contribution in [2.45, 2.75) is 200 Å². The van der Waals surface area contributed by atoms with Crippen LogP contribution in [0.2, 0.25) is 0 Å². The zero-order chi connectivity index (χ0) is 27.6. The number of hydrogen-bond acceptors (Lipinski definition) is 2. The lowest BCUT2D eigenvalue weighted by Crippen LogP contribution is -2.37. The molecule has 0 heterocycles. The van der Waals surface area contributed by atoms with Crippen LogP contribution in [0.15, 0.2) is 24.3 Å². The van der Waals surface area contributed by atoms with Crippen LogP contribution in [-0.4, -0.2) is 12.7 Å². The van der Waals surface area contributed by atoms with Gasteiger partial charge in [-0.05, 0) is 70.8 Å². The van der Waals surface area contributed by atoms with Gasteiger partial charge in [-0.15, -0.1) is 0 Å². The van der Waals surface area contributed by atoms with E-state index in [9.17, 15) is 0 Å². The normalized spacial score (nSPS) is 12.8. The third-order valence-corrected chi connectivity index (χ3v) is 7.87. The summed E-state index contributed by atoms with van der Waals surface area (Å²) in [7, 11) is 0. The van der Waals surface area contributed by atoms with Crippen molar-refractivity contribution < 1.29 is 0 Å². The van der Waals surface area contributed by atoms with Crippen molar-refractivity contribution in [3.63, 3.8) is 0 Å². The third kappa shape index (κ3) is 33.4. The molecule has 0 spiro atoms. The fourth-order valence-electron chi connectivity index (χ4n) is 5.20. The minimum Gasteiger partial charge on any atom is -0.316 e. The maximum atomic E-state index is 6.27. The van der Waals surface area contributed by atoms with Crippen molar-refractivity contribution in [2.24, 2.45) is 5.73 Å². The number of rotatable bonds is 32. The molecule has 0 aromatic heterocycles. The molecule has 2 nitrogen and oxygen atoms in total. The van der Waals surface area contributed by atoms with Gasteiger partial charge in [-0.25, -0.2) is 0 Å². The highest BCUT2D eigenvalue weighted by Crippen LogP contribution is 2.12. The van der Waals surface area contributed by atoms with Gasteiger partial charge in [-0.2, -0.15) is 0 Å². The topological polar surface area (TPSA) is 38.0 Å². The highest BCUT2D eigenvalue weighted by Gasteiger charge is 2.01. The van der Waals surface area contributed by atoms with Crippen molar-refractivity contribution in [1.82, 2.24) is 5.32 Å². The van der Waals surface area contributed by atoms with Crippen molar-refractivity contribution in [2.75, 3.05) is 6.54 Å². The van der Waals surface area contributed by atoms with E-state index in [0.717, 1.165) is 13.0 Å². The van der Waals surface area contributed by atoms with E-state index in [0.29, 0.717) is 0 Å². The Morgan fingerprint density at radius 3 is 1.13 bits per heavy atom. The molecule has 0 bridgehead atoms. The monoisotopic (exact) mass is 533 g/mol. The van der Waals surface area contributed by atoms with Crippen molar-refractivity contribution in [3.05, 3.63) is 24.3 Å². The van der Waals surface area contributed by atoms with Crippen LogP contribution in [0.5, 0.6) is 0 Å². The number of unbranched alkanes of at least 4 members (excludes halogenated alkanes) is 23. The molecule has 3 N–H and O–H groups in total. The summed E-state index contributed by atoms with van der Waals surface area (Å²) < 4.78 is 0. The summed E-state index contributed by atoms with van der Waals surface area (Å²) in [6.07, 6.45) is 47.9. The highest BCUT2D eigenvalue weighted by molar-refractivity contribution is 4.82. The molecule has 1 atom stereocenters. The maximum Gasteiger partial charge on any atom is 0.0546 e. The van der Waals surface area contributed by atoms with Gasteiger partial charge < -0.3 is 11.1 Å². The van der Waals surface area contributed by atoms with E-state index in [1.165, 1.54) is 173 Å². The Kier molecular flexibility index (Phi) is 33.9.